The van der Waals surface area contributed by atoms with Crippen molar-refractivity contribution in [3.63, 3.8) is 0 Å². The maximum atomic E-state index is 13.1. The standard InChI is InChI=1S/C25H19ClF3N3O5/c1-30-21(33)20-13-17(8-11-31-20)36-15-4-2-14(3-5-15)32-22(34)24(9-10-24)23(35)37-16-6-7-19(26)18(12-16)25(27,28)29/h2-8,11-13H,9-10H2,1H3,(H,30,33)(H,32,34). The molecule has 192 valence electrons. The van der Waals surface area contributed by atoms with E-state index in [2.05, 4.69) is 15.6 Å². The molecule has 0 bridgehead atoms. The van der Waals surface area contributed by atoms with Gasteiger partial charge in [-0.2, -0.15) is 13.2 Å². The van der Waals surface area contributed by atoms with Crippen LogP contribution < -0.4 is 20.1 Å². The number of aromatic nitrogens is 1. The van der Waals surface area contributed by atoms with Crippen molar-refractivity contribution >= 4 is 35.1 Å². The van der Waals surface area contributed by atoms with Gasteiger partial charge in [-0.1, -0.05) is 11.6 Å². The van der Waals surface area contributed by atoms with E-state index in [9.17, 15) is 27.6 Å². The highest BCUT2D eigenvalue weighted by Gasteiger charge is 2.58. The minimum atomic E-state index is -4.73. The first-order chi connectivity index (χ1) is 17.5. The molecule has 0 radical (unpaired) electrons. The minimum Gasteiger partial charge on any atom is -0.457 e. The molecule has 2 amide bonds. The first kappa shape index (κ1) is 26.0. The number of alkyl halides is 3. The van der Waals surface area contributed by atoms with E-state index in [1.54, 1.807) is 30.3 Å². The average Bonchev–Trinajstić information content (AvgIpc) is 3.68. The van der Waals surface area contributed by atoms with Crippen LogP contribution in [0.1, 0.15) is 28.9 Å². The van der Waals surface area contributed by atoms with E-state index in [4.69, 9.17) is 21.1 Å². The van der Waals surface area contributed by atoms with Gasteiger partial charge in [-0.15, -0.1) is 0 Å². The second-order valence-electron chi connectivity index (χ2n) is 8.15. The number of pyridine rings is 1. The Hall–Kier alpha value is -4.12. The predicted molar refractivity (Wildman–Crippen MR) is 127 cm³/mol. The lowest BCUT2D eigenvalue weighted by atomic mass is 10.1. The number of esters is 1. The van der Waals surface area contributed by atoms with E-state index in [1.165, 1.54) is 19.3 Å². The van der Waals surface area contributed by atoms with Crippen molar-refractivity contribution in [2.75, 3.05) is 12.4 Å². The topological polar surface area (TPSA) is 107 Å². The molecule has 8 nitrogen and oxygen atoms in total. The number of carbonyl (C=O) groups excluding carboxylic acids is 3. The summed E-state index contributed by atoms with van der Waals surface area (Å²) in [6.45, 7) is 0. The molecular weight excluding hydrogens is 515 g/mol. The van der Waals surface area contributed by atoms with Crippen LogP contribution in [0.5, 0.6) is 17.2 Å². The number of nitrogens with one attached hydrogen (secondary N) is 2. The number of hydrogen-bond acceptors (Lipinski definition) is 6. The number of hydrogen-bond donors (Lipinski definition) is 2. The van der Waals surface area contributed by atoms with Crippen molar-refractivity contribution < 1.29 is 37.0 Å². The van der Waals surface area contributed by atoms with Gasteiger partial charge in [0.15, 0.2) is 0 Å². The lowest BCUT2D eigenvalue weighted by Gasteiger charge is -2.16. The van der Waals surface area contributed by atoms with E-state index >= 15 is 0 Å². The first-order valence-corrected chi connectivity index (χ1v) is 11.3. The van der Waals surface area contributed by atoms with Crippen LogP contribution in [0.4, 0.5) is 18.9 Å². The number of halogens is 4. The highest BCUT2D eigenvalue weighted by molar-refractivity contribution is 6.31. The molecule has 1 aliphatic rings. The second-order valence-corrected chi connectivity index (χ2v) is 8.55. The molecule has 3 aromatic rings. The van der Waals surface area contributed by atoms with E-state index < -0.39 is 34.1 Å². The molecule has 2 N–H and O–H groups in total. The first-order valence-electron chi connectivity index (χ1n) is 10.9. The molecule has 12 heteroatoms. The zero-order chi connectivity index (χ0) is 26.8. The summed E-state index contributed by atoms with van der Waals surface area (Å²) in [6.07, 6.45) is -2.92. The summed E-state index contributed by atoms with van der Waals surface area (Å²) in [5.74, 6) is -1.53. The Morgan fingerprint density at radius 3 is 2.27 bits per heavy atom. The van der Waals surface area contributed by atoms with Gasteiger partial charge in [0.1, 0.15) is 28.4 Å². The largest absolute Gasteiger partial charge is 0.457 e. The zero-order valence-electron chi connectivity index (χ0n) is 19.2. The van der Waals surface area contributed by atoms with Crippen molar-refractivity contribution in [2.45, 2.75) is 19.0 Å². The highest BCUT2D eigenvalue weighted by Crippen LogP contribution is 2.48. The van der Waals surface area contributed by atoms with Gasteiger partial charge in [0, 0.05) is 25.0 Å². The second kappa shape index (κ2) is 10.1. The predicted octanol–water partition coefficient (Wildman–Crippen LogP) is 5.23. The average molecular weight is 534 g/mol. The number of amides is 2. The third-order valence-electron chi connectivity index (χ3n) is 5.57. The Morgan fingerprint density at radius 2 is 1.65 bits per heavy atom. The van der Waals surface area contributed by atoms with Crippen molar-refractivity contribution in [3.05, 3.63) is 77.1 Å². The van der Waals surface area contributed by atoms with Crippen LogP contribution in [-0.4, -0.2) is 29.8 Å². The van der Waals surface area contributed by atoms with Crippen LogP contribution in [0.15, 0.2) is 60.8 Å². The Morgan fingerprint density at radius 1 is 0.973 bits per heavy atom. The number of ether oxygens (including phenoxy) is 2. The van der Waals surface area contributed by atoms with Gasteiger partial charge in [0.25, 0.3) is 5.91 Å². The molecule has 4 rings (SSSR count). The summed E-state index contributed by atoms with van der Waals surface area (Å²) in [6, 6.07) is 12.0. The lowest BCUT2D eigenvalue weighted by Crippen LogP contribution is -2.34. The van der Waals surface area contributed by atoms with E-state index in [1.807, 2.05) is 0 Å². The van der Waals surface area contributed by atoms with Crippen LogP contribution in [-0.2, 0) is 15.8 Å². The normalized spacial score (nSPS) is 13.9. The van der Waals surface area contributed by atoms with E-state index in [-0.39, 0.29) is 30.2 Å². The molecule has 37 heavy (non-hydrogen) atoms. The van der Waals surface area contributed by atoms with Gasteiger partial charge in [-0.25, -0.2) is 0 Å². The maximum Gasteiger partial charge on any atom is 0.417 e. The van der Waals surface area contributed by atoms with Gasteiger partial charge < -0.3 is 20.1 Å². The number of carbonyl (C=O) groups is 3. The van der Waals surface area contributed by atoms with Crippen LogP contribution >= 0.6 is 11.6 Å². The summed E-state index contributed by atoms with van der Waals surface area (Å²) in [7, 11) is 1.48. The summed E-state index contributed by atoms with van der Waals surface area (Å²) in [5, 5.41) is 4.55. The molecule has 1 fully saturated rings. The van der Waals surface area contributed by atoms with Gasteiger partial charge in [0.05, 0.1) is 10.6 Å². The number of benzene rings is 2. The summed E-state index contributed by atoms with van der Waals surface area (Å²) in [4.78, 5) is 41.2. The third kappa shape index (κ3) is 5.83. The molecule has 1 saturated carbocycles. The number of anilines is 1. The van der Waals surface area contributed by atoms with E-state index in [0.717, 1.165) is 12.1 Å². The molecule has 1 heterocycles. The van der Waals surface area contributed by atoms with E-state index in [0.29, 0.717) is 23.3 Å². The van der Waals surface area contributed by atoms with Crippen LogP contribution in [0.3, 0.4) is 0 Å². The third-order valence-corrected chi connectivity index (χ3v) is 5.90. The molecule has 0 saturated heterocycles. The summed E-state index contributed by atoms with van der Waals surface area (Å²) in [5.41, 5.74) is -2.10. The van der Waals surface area contributed by atoms with Crippen molar-refractivity contribution in [3.8, 4) is 17.2 Å². The Balaban J connectivity index is 1.40. The van der Waals surface area contributed by atoms with Crippen molar-refractivity contribution in [1.29, 1.82) is 0 Å². The van der Waals surface area contributed by atoms with Gasteiger partial charge in [-0.05, 0) is 61.4 Å². The summed E-state index contributed by atoms with van der Waals surface area (Å²) >= 11 is 5.59. The molecule has 0 unspecified atom stereocenters. The molecule has 1 aliphatic carbocycles. The fraction of sp³-hybridized carbons (Fsp3) is 0.200. The molecule has 0 spiro atoms. The minimum absolute atomic E-state index is 0.179. The van der Waals surface area contributed by atoms with Crippen LogP contribution in [0.2, 0.25) is 5.02 Å². The molecule has 0 atom stereocenters. The monoisotopic (exact) mass is 533 g/mol. The van der Waals surface area contributed by atoms with Gasteiger partial charge in [0.2, 0.25) is 5.91 Å². The zero-order valence-corrected chi connectivity index (χ0v) is 19.9. The fourth-order valence-electron chi connectivity index (χ4n) is 3.36. The summed E-state index contributed by atoms with van der Waals surface area (Å²) < 4.78 is 50.0. The van der Waals surface area contributed by atoms with Crippen LogP contribution in [0.25, 0.3) is 0 Å². The lowest BCUT2D eigenvalue weighted by molar-refractivity contribution is -0.145. The maximum absolute atomic E-state index is 13.1. The Bertz CT molecular complexity index is 1360. The van der Waals surface area contributed by atoms with Crippen molar-refractivity contribution in [1.82, 2.24) is 10.3 Å². The number of nitrogens with zero attached hydrogens (tertiary/aromatic N) is 1. The van der Waals surface area contributed by atoms with Crippen molar-refractivity contribution in [2.24, 2.45) is 5.41 Å². The van der Waals surface area contributed by atoms with Gasteiger partial charge >= 0.3 is 12.1 Å². The Kier molecular flexibility index (Phi) is 7.08. The molecule has 2 aromatic carbocycles. The smallest absolute Gasteiger partial charge is 0.417 e. The number of rotatable bonds is 7. The quantitative estimate of drug-likeness (QED) is 0.245. The molecular formula is C25H19ClF3N3O5. The highest BCUT2D eigenvalue weighted by atomic mass is 35.5. The molecule has 0 aliphatic heterocycles. The molecule has 1 aromatic heterocycles. The SMILES string of the molecule is CNC(=O)c1cc(Oc2ccc(NC(=O)C3(C(=O)Oc4ccc(Cl)c(C(F)(F)F)c4)CC3)cc2)ccn1. The Labute approximate surface area is 213 Å². The fourth-order valence-corrected chi connectivity index (χ4v) is 3.58. The van der Waals surface area contributed by atoms with Gasteiger partial charge in [-0.3, -0.25) is 19.4 Å². The van der Waals surface area contributed by atoms with Crippen LogP contribution in [0, 0.1) is 5.41 Å².